The van der Waals surface area contributed by atoms with Crippen molar-refractivity contribution in [2.24, 2.45) is 0 Å². The Hall–Kier alpha value is -2.71. The van der Waals surface area contributed by atoms with Crippen molar-refractivity contribution < 1.29 is 10.2 Å². The summed E-state index contributed by atoms with van der Waals surface area (Å²) in [6, 6.07) is 27.5. The van der Waals surface area contributed by atoms with Crippen LogP contribution in [0.3, 0.4) is 0 Å². The number of halogens is 1. The minimum absolute atomic E-state index is 0.322. The van der Waals surface area contributed by atoms with Crippen molar-refractivity contribution in [1.82, 2.24) is 0 Å². The van der Waals surface area contributed by atoms with Gasteiger partial charge < -0.3 is 10.2 Å². The fourth-order valence-corrected chi connectivity index (χ4v) is 1.69. The van der Waals surface area contributed by atoms with Crippen molar-refractivity contribution in [1.29, 1.82) is 0 Å². The summed E-state index contributed by atoms with van der Waals surface area (Å²) < 4.78 is 0. The molecule has 0 saturated carbocycles. The third kappa shape index (κ3) is 10.1. The van der Waals surface area contributed by atoms with Crippen LogP contribution in [-0.2, 0) is 0 Å². The summed E-state index contributed by atoms with van der Waals surface area (Å²) >= 11 is 5.46. The van der Waals surface area contributed by atoms with Gasteiger partial charge in [0, 0.05) is 5.88 Å². The molecule has 2 nitrogen and oxygen atoms in total. The molecule has 0 amide bonds. The van der Waals surface area contributed by atoms with Gasteiger partial charge in [-0.3, -0.25) is 0 Å². The number of para-hydroxylation sites is 2. The number of hydrogen-bond donors (Lipinski definition) is 2. The van der Waals surface area contributed by atoms with Gasteiger partial charge in [0.1, 0.15) is 11.5 Å². The van der Waals surface area contributed by atoms with Crippen LogP contribution in [0.2, 0.25) is 0 Å². The van der Waals surface area contributed by atoms with E-state index in [2.05, 4.69) is 0 Å². The van der Waals surface area contributed by atoms with Crippen LogP contribution in [0.15, 0.2) is 97.1 Å². The van der Waals surface area contributed by atoms with Gasteiger partial charge >= 0.3 is 0 Å². The molecule has 0 radical (unpaired) electrons. The number of aromatic hydroxyl groups is 2. The van der Waals surface area contributed by atoms with E-state index < -0.39 is 0 Å². The summed E-state index contributed by atoms with van der Waals surface area (Å²) in [5, 5.41) is 17.3. The first-order valence-corrected chi connectivity index (χ1v) is 8.01. The zero-order valence-electron chi connectivity index (χ0n) is 13.3. The van der Waals surface area contributed by atoms with E-state index in [1.165, 1.54) is 5.56 Å². The van der Waals surface area contributed by atoms with Gasteiger partial charge in [-0.25, -0.2) is 0 Å². The fraction of sp³-hybridized carbons (Fsp3) is 0.0476. The lowest BCUT2D eigenvalue weighted by molar-refractivity contribution is 0.475. The minimum Gasteiger partial charge on any atom is -0.508 e. The molecule has 0 aromatic heterocycles. The fourth-order valence-electron chi connectivity index (χ4n) is 1.60. The molecule has 24 heavy (non-hydrogen) atoms. The van der Waals surface area contributed by atoms with Crippen LogP contribution in [0, 0.1) is 0 Å². The molecule has 0 atom stereocenters. The molecule has 124 valence electrons. The molecule has 0 aliphatic carbocycles. The van der Waals surface area contributed by atoms with E-state index in [-0.39, 0.29) is 0 Å². The number of alkyl halides is 1. The first kappa shape index (κ1) is 19.3. The van der Waals surface area contributed by atoms with Crippen LogP contribution in [0.4, 0.5) is 0 Å². The Morgan fingerprint density at radius 3 is 1.29 bits per heavy atom. The first-order valence-electron chi connectivity index (χ1n) is 7.48. The molecule has 0 heterocycles. The monoisotopic (exact) mass is 340 g/mol. The molecule has 0 fully saturated rings. The van der Waals surface area contributed by atoms with Crippen molar-refractivity contribution in [3.05, 3.63) is 103 Å². The number of phenolic OH excluding ortho intramolecular Hbond substituents is 2. The first-order chi connectivity index (χ1) is 11.7. The van der Waals surface area contributed by atoms with Crippen LogP contribution in [0.25, 0.3) is 6.08 Å². The maximum Gasteiger partial charge on any atom is 0.115 e. The second-order valence-corrected chi connectivity index (χ2v) is 4.95. The quantitative estimate of drug-likeness (QED) is 0.585. The van der Waals surface area contributed by atoms with Crippen molar-refractivity contribution >= 4 is 17.7 Å². The molecule has 3 heteroatoms. The molecule has 0 aliphatic rings. The highest BCUT2D eigenvalue weighted by molar-refractivity contribution is 6.19. The van der Waals surface area contributed by atoms with E-state index in [9.17, 15) is 0 Å². The van der Waals surface area contributed by atoms with E-state index in [0.29, 0.717) is 17.4 Å². The molecule has 0 spiro atoms. The van der Waals surface area contributed by atoms with E-state index in [1.807, 2.05) is 54.6 Å². The van der Waals surface area contributed by atoms with Crippen molar-refractivity contribution in [2.75, 3.05) is 5.88 Å². The van der Waals surface area contributed by atoms with Crippen LogP contribution < -0.4 is 0 Å². The van der Waals surface area contributed by atoms with E-state index in [1.54, 1.807) is 48.5 Å². The summed E-state index contributed by atoms with van der Waals surface area (Å²) in [6.45, 7) is 0. The second kappa shape index (κ2) is 12.8. The van der Waals surface area contributed by atoms with Crippen LogP contribution in [-0.4, -0.2) is 16.1 Å². The van der Waals surface area contributed by atoms with Gasteiger partial charge in [0.25, 0.3) is 0 Å². The standard InChI is InChI=1S/C9H9Cl.2C6H6O/c10-8-4-7-9-5-2-1-3-6-9;2*7-6-4-2-1-3-5-6/h1-7H,8H2;2*1-5,7H. The molecular formula is C21H21ClO2. The highest BCUT2D eigenvalue weighted by atomic mass is 35.5. The van der Waals surface area contributed by atoms with Crippen LogP contribution in [0.5, 0.6) is 11.5 Å². The number of phenols is 2. The SMILES string of the molecule is ClCC=Cc1ccccc1.Oc1ccccc1.Oc1ccccc1. The van der Waals surface area contributed by atoms with Crippen molar-refractivity contribution in [3.8, 4) is 11.5 Å². The van der Waals surface area contributed by atoms with Crippen molar-refractivity contribution in [3.63, 3.8) is 0 Å². The highest BCUT2D eigenvalue weighted by Crippen LogP contribution is 2.03. The smallest absolute Gasteiger partial charge is 0.115 e. The van der Waals surface area contributed by atoms with E-state index in [0.717, 1.165) is 0 Å². The summed E-state index contributed by atoms with van der Waals surface area (Å²) in [5.41, 5.74) is 1.20. The number of benzene rings is 3. The lowest BCUT2D eigenvalue weighted by atomic mass is 10.2. The van der Waals surface area contributed by atoms with Gasteiger partial charge in [-0.15, -0.1) is 11.6 Å². The Morgan fingerprint density at radius 1 is 0.625 bits per heavy atom. The molecule has 0 bridgehead atoms. The zero-order chi connectivity index (χ0) is 17.5. The van der Waals surface area contributed by atoms with Crippen molar-refractivity contribution in [2.45, 2.75) is 0 Å². The minimum atomic E-state index is 0.322. The van der Waals surface area contributed by atoms with Gasteiger partial charge in [0.2, 0.25) is 0 Å². The van der Waals surface area contributed by atoms with E-state index in [4.69, 9.17) is 21.8 Å². The third-order valence-corrected chi connectivity index (χ3v) is 2.89. The summed E-state index contributed by atoms with van der Waals surface area (Å²) in [7, 11) is 0. The number of rotatable bonds is 2. The lowest BCUT2D eigenvalue weighted by Gasteiger charge is -1.87. The largest absolute Gasteiger partial charge is 0.508 e. The van der Waals surface area contributed by atoms with E-state index >= 15 is 0 Å². The summed E-state index contributed by atoms with van der Waals surface area (Å²) in [4.78, 5) is 0. The maximum absolute atomic E-state index is 8.63. The number of hydrogen-bond acceptors (Lipinski definition) is 2. The van der Waals surface area contributed by atoms with Gasteiger partial charge in [-0.05, 0) is 29.8 Å². The Balaban J connectivity index is 0.000000185. The normalized spacial score (nSPS) is 9.38. The lowest BCUT2D eigenvalue weighted by Crippen LogP contribution is -1.67. The molecule has 0 saturated heterocycles. The van der Waals surface area contributed by atoms with Crippen LogP contribution in [0.1, 0.15) is 5.56 Å². The molecule has 3 rings (SSSR count). The Morgan fingerprint density at radius 2 is 1.00 bits per heavy atom. The number of allylic oxidation sites excluding steroid dienone is 1. The second-order valence-electron chi connectivity index (χ2n) is 4.64. The van der Waals surface area contributed by atoms with Gasteiger partial charge in [-0.2, -0.15) is 0 Å². The third-order valence-electron chi connectivity index (χ3n) is 2.71. The topological polar surface area (TPSA) is 40.5 Å². The maximum atomic E-state index is 8.63. The Kier molecular flexibility index (Phi) is 10.3. The summed E-state index contributed by atoms with van der Waals surface area (Å²) in [5.74, 6) is 1.22. The molecule has 0 aliphatic heterocycles. The average molecular weight is 341 g/mol. The zero-order valence-corrected chi connectivity index (χ0v) is 14.1. The average Bonchev–Trinajstić information content (AvgIpc) is 2.63. The molecule has 0 unspecified atom stereocenters. The Bertz CT molecular complexity index is 630. The predicted octanol–water partition coefficient (Wildman–Crippen LogP) is 5.72. The Labute approximate surface area is 148 Å². The van der Waals surface area contributed by atoms with Gasteiger partial charge in [0.15, 0.2) is 0 Å². The van der Waals surface area contributed by atoms with Gasteiger partial charge in [-0.1, -0.05) is 78.9 Å². The molecule has 2 N–H and O–H groups in total. The highest BCUT2D eigenvalue weighted by Gasteiger charge is 1.79. The molecular weight excluding hydrogens is 320 g/mol. The summed E-state index contributed by atoms with van der Waals surface area (Å²) in [6.07, 6.45) is 3.93. The molecule has 3 aromatic carbocycles. The van der Waals surface area contributed by atoms with Gasteiger partial charge in [0.05, 0.1) is 0 Å². The molecule has 3 aromatic rings. The van der Waals surface area contributed by atoms with Crippen LogP contribution >= 0.6 is 11.6 Å². The predicted molar refractivity (Wildman–Crippen MR) is 102 cm³/mol.